The Balaban J connectivity index is 3.15. The zero-order chi connectivity index (χ0) is 5.91. The molecule has 0 aromatic carbocycles. The molecule has 0 fully saturated rings. The summed E-state index contributed by atoms with van der Waals surface area (Å²) >= 11 is 0. The Kier molecular flexibility index (Phi) is 2.12. The van der Waals surface area contributed by atoms with Crippen LogP contribution in [0.1, 0.15) is 13.3 Å². The van der Waals surface area contributed by atoms with Crippen LogP contribution < -0.4 is 0 Å². The van der Waals surface area contributed by atoms with E-state index in [1.165, 1.54) is 0 Å². The van der Waals surface area contributed by atoms with Crippen LogP contribution in [0.4, 0.5) is 13.2 Å². The molecule has 0 rings (SSSR count). The predicted molar refractivity (Wildman–Crippen MR) is 21.2 cm³/mol. The lowest BCUT2D eigenvalue weighted by Gasteiger charge is -2.03. The van der Waals surface area contributed by atoms with E-state index in [0.717, 1.165) is 0 Å². The van der Waals surface area contributed by atoms with Gasteiger partial charge in [-0.25, -0.2) is 8.78 Å². The van der Waals surface area contributed by atoms with E-state index in [9.17, 15) is 13.2 Å². The van der Waals surface area contributed by atoms with E-state index in [4.69, 9.17) is 0 Å². The van der Waals surface area contributed by atoms with E-state index < -0.39 is 19.0 Å². The third-order valence-electron chi connectivity index (χ3n) is 0.533. The van der Waals surface area contributed by atoms with Crippen molar-refractivity contribution in [3.8, 4) is 0 Å². The van der Waals surface area contributed by atoms with Gasteiger partial charge in [0.15, 0.2) is 0 Å². The van der Waals surface area contributed by atoms with Crippen molar-refractivity contribution in [1.29, 1.82) is 0 Å². The number of rotatable bonds is 2. The van der Waals surface area contributed by atoms with Crippen LogP contribution in [-0.2, 0) is 0 Å². The molecular weight excluding hydrogens is 105 g/mol. The summed E-state index contributed by atoms with van der Waals surface area (Å²) in [7, 11) is 0. The second kappa shape index (κ2) is 2.19. The van der Waals surface area contributed by atoms with Crippen LogP contribution in [0.25, 0.3) is 0 Å². The van der Waals surface area contributed by atoms with Gasteiger partial charge in [-0.3, -0.25) is 4.39 Å². The lowest BCUT2D eigenvalue weighted by atomic mass is 10.3. The van der Waals surface area contributed by atoms with Crippen LogP contribution in [0.5, 0.6) is 0 Å². The Hall–Kier alpha value is -0.210. The third kappa shape index (κ3) is 5.79. The molecule has 0 radical (unpaired) electrons. The van der Waals surface area contributed by atoms with E-state index in [0.29, 0.717) is 6.92 Å². The number of hydrogen-bond acceptors (Lipinski definition) is 0. The van der Waals surface area contributed by atoms with Gasteiger partial charge < -0.3 is 0 Å². The molecule has 0 amide bonds. The molecule has 0 unspecified atom stereocenters. The van der Waals surface area contributed by atoms with Gasteiger partial charge >= 0.3 is 0 Å². The van der Waals surface area contributed by atoms with Crippen LogP contribution in [0.3, 0.4) is 0 Å². The molecule has 0 spiro atoms. The second-order valence-electron chi connectivity index (χ2n) is 1.51. The molecule has 0 saturated carbocycles. The first-order valence-corrected chi connectivity index (χ1v) is 2.00. The van der Waals surface area contributed by atoms with Crippen molar-refractivity contribution in [3.05, 3.63) is 0 Å². The molecule has 0 nitrogen and oxygen atoms in total. The van der Waals surface area contributed by atoms with Crippen molar-refractivity contribution in [2.45, 2.75) is 19.3 Å². The van der Waals surface area contributed by atoms with Gasteiger partial charge in [0.25, 0.3) is 0 Å². The summed E-state index contributed by atoms with van der Waals surface area (Å²) in [6, 6.07) is 0. The third-order valence-corrected chi connectivity index (χ3v) is 0.533. The van der Waals surface area contributed by atoms with Crippen LogP contribution in [0, 0.1) is 0 Å². The fourth-order valence-corrected chi connectivity index (χ4v) is 0.166. The lowest BCUT2D eigenvalue weighted by Crippen LogP contribution is -2.09. The first-order chi connectivity index (χ1) is 3.06. The average molecular weight is 112 g/mol. The fourth-order valence-electron chi connectivity index (χ4n) is 0.166. The fraction of sp³-hybridized carbons (Fsp3) is 1.00. The summed E-state index contributed by atoms with van der Waals surface area (Å²) in [5, 5.41) is 0. The molecule has 0 heterocycles. The van der Waals surface area contributed by atoms with E-state index in [-0.39, 0.29) is 0 Å². The molecule has 44 valence electrons. The van der Waals surface area contributed by atoms with Gasteiger partial charge in [0.2, 0.25) is 5.92 Å². The highest BCUT2D eigenvalue weighted by Crippen LogP contribution is 2.15. The summed E-state index contributed by atoms with van der Waals surface area (Å²) in [4.78, 5) is 0. The Morgan fingerprint density at radius 2 is 1.86 bits per heavy atom. The Morgan fingerprint density at radius 1 is 1.43 bits per heavy atom. The van der Waals surface area contributed by atoms with Gasteiger partial charge in [0.1, 0.15) is 0 Å². The van der Waals surface area contributed by atoms with Crippen molar-refractivity contribution in [2.75, 3.05) is 6.67 Å². The molecule has 0 aromatic rings. The van der Waals surface area contributed by atoms with Gasteiger partial charge in [0, 0.05) is 6.42 Å². The summed E-state index contributed by atoms with van der Waals surface area (Å²) in [6.45, 7) is -0.240. The summed E-state index contributed by atoms with van der Waals surface area (Å²) < 4.78 is 34.0. The van der Waals surface area contributed by atoms with Crippen molar-refractivity contribution in [3.63, 3.8) is 0 Å². The lowest BCUT2D eigenvalue weighted by molar-refractivity contribution is 0.00702. The number of alkyl halides is 3. The van der Waals surface area contributed by atoms with Crippen molar-refractivity contribution in [2.24, 2.45) is 0 Å². The van der Waals surface area contributed by atoms with Gasteiger partial charge in [-0.1, -0.05) is 0 Å². The minimum absolute atomic E-state index is 0.660. The summed E-state index contributed by atoms with van der Waals surface area (Å²) in [5.41, 5.74) is 0. The predicted octanol–water partition coefficient (Wildman–Crippen LogP) is 2.00. The Morgan fingerprint density at radius 3 is 1.86 bits per heavy atom. The molecule has 0 aromatic heterocycles. The van der Waals surface area contributed by atoms with Crippen molar-refractivity contribution < 1.29 is 13.2 Å². The topological polar surface area (TPSA) is 0 Å². The molecular formula is C4H7F3. The molecule has 0 aliphatic rings. The van der Waals surface area contributed by atoms with Gasteiger partial charge in [-0.05, 0) is 6.92 Å². The highest BCUT2D eigenvalue weighted by Gasteiger charge is 2.19. The van der Waals surface area contributed by atoms with Gasteiger partial charge in [-0.15, -0.1) is 0 Å². The SMILES string of the molecule is CC(F)(F)CCF. The van der Waals surface area contributed by atoms with Crippen LogP contribution >= 0.6 is 0 Å². The highest BCUT2D eigenvalue weighted by molar-refractivity contribution is 4.54. The number of hydrogen-bond donors (Lipinski definition) is 0. The van der Waals surface area contributed by atoms with Gasteiger partial charge in [0.05, 0.1) is 6.67 Å². The first kappa shape index (κ1) is 6.79. The molecule has 0 aliphatic carbocycles. The van der Waals surface area contributed by atoms with E-state index in [1.807, 2.05) is 0 Å². The molecule has 0 atom stereocenters. The van der Waals surface area contributed by atoms with Crippen molar-refractivity contribution >= 4 is 0 Å². The summed E-state index contributed by atoms with van der Waals surface area (Å²) in [6.07, 6.45) is -0.660. The maximum Gasteiger partial charge on any atom is 0.247 e. The summed E-state index contributed by atoms with van der Waals surface area (Å²) in [5.74, 6) is -2.82. The maximum absolute atomic E-state index is 11.5. The van der Waals surface area contributed by atoms with Crippen LogP contribution in [0.15, 0.2) is 0 Å². The number of halogens is 3. The standard InChI is InChI=1S/C4H7F3/c1-4(6,7)2-3-5/h2-3H2,1H3. The zero-order valence-electron chi connectivity index (χ0n) is 4.05. The quantitative estimate of drug-likeness (QED) is 0.512. The highest BCUT2D eigenvalue weighted by atomic mass is 19.3. The normalized spacial score (nSPS) is 12.0. The average Bonchev–Trinajstić information content (AvgIpc) is 1.30. The monoisotopic (exact) mass is 112 g/mol. The van der Waals surface area contributed by atoms with Crippen LogP contribution in [-0.4, -0.2) is 12.6 Å². The Labute approximate surface area is 40.3 Å². The molecule has 0 bridgehead atoms. The molecule has 0 aliphatic heterocycles. The largest absolute Gasteiger partial charge is 0.251 e. The van der Waals surface area contributed by atoms with E-state index >= 15 is 0 Å². The van der Waals surface area contributed by atoms with Crippen molar-refractivity contribution in [1.82, 2.24) is 0 Å². The zero-order valence-corrected chi connectivity index (χ0v) is 4.05. The minimum Gasteiger partial charge on any atom is -0.251 e. The van der Waals surface area contributed by atoms with Crippen LogP contribution in [0.2, 0.25) is 0 Å². The molecule has 0 N–H and O–H groups in total. The van der Waals surface area contributed by atoms with E-state index in [1.54, 1.807) is 0 Å². The molecule has 0 saturated heterocycles. The molecule has 7 heavy (non-hydrogen) atoms. The van der Waals surface area contributed by atoms with Gasteiger partial charge in [-0.2, -0.15) is 0 Å². The second-order valence-corrected chi connectivity index (χ2v) is 1.51. The molecule has 3 heteroatoms. The Bertz CT molecular complexity index is 45.4. The maximum atomic E-state index is 11.5. The smallest absolute Gasteiger partial charge is 0.247 e. The minimum atomic E-state index is -2.82. The van der Waals surface area contributed by atoms with E-state index in [2.05, 4.69) is 0 Å². The first-order valence-electron chi connectivity index (χ1n) is 2.00.